The second-order valence-electron chi connectivity index (χ2n) is 3.90. The summed E-state index contributed by atoms with van der Waals surface area (Å²) < 4.78 is 0. The molecule has 15 heavy (non-hydrogen) atoms. The molecule has 1 amide bonds. The molecular weight excluding hydrogens is 188 g/mol. The number of hydrogen-bond acceptors (Lipinski definition) is 2. The Balaban J connectivity index is 3.00. The van der Waals surface area contributed by atoms with Crippen molar-refractivity contribution in [2.75, 3.05) is 7.05 Å². The molecule has 0 fully saturated rings. The maximum Gasteiger partial charge on any atom is 0.255 e. The third kappa shape index (κ3) is 2.55. The molecule has 0 saturated heterocycles. The zero-order valence-electron chi connectivity index (χ0n) is 9.82. The van der Waals surface area contributed by atoms with Crippen LogP contribution in [0.3, 0.4) is 0 Å². The molecule has 3 nitrogen and oxygen atoms in total. The second-order valence-corrected chi connectivity index (χ2v) is 3.90. The van der Waals surface area contributed by atoms with E-state index in [1.54, 1.807) is 17.3 Å². The van der Waals surface area contributed by atoms with Crippen LogP contribution in [0.2, 0.25) is 0 Å². The van der Waals surface area contributed by atoms with Gasteiger partial charge in [0, 0.05) is 25.5 Å². The lowest BCUT2D eigenvalue weighted by atomic mass is 10.1. The highest BCUT2D eigenvalue weighted by Gasteiger charge is 2.16. The van der Waals surface area contributed by atoms with E-state index in [4.69, 9.17) is 0 Å². The highest BCUT2D eigenvalue weighted by Crippen LogP contribution is 2.11. The van der Waals surface area contributed by atoms with Gasteiger partial charge in [-0.05, 0) is 31.9 Å². The lowest BCUT2D eigenvalue weighted by Gasteiger charge is -2.22. The Labute approximate surface area is 91.1 Å². The van der Waals surface area contributed by atoms with Crippen LogP contribution in [0.4, 0.5) is 0 Å². The standard InChI is InChI=1S/C12H18N2O/c1-5-10-6-7-13-8-11(10)12(15)14(4)9(2)3/h6-9H,5H2,1-4H3. The SMILES string of the molecule is CCc1ccncc1C(=O)N(C)C(C)C. The minimum absolute atomic E-state index is 0.0509. The molecule has 0 radical (unpaired) electrons. The van der Waals surface area contributed by atoms with E-state index in [0.717, 1.165) is 17.5 Å². The Bertz CT molecular complexity index is 347. The molecule has 0 aromatic carbocycles. The van der Waals surface area contributed by atoms with E-state index in [2.05, 4.69) is 4.98 Å². The maximum absolute atomic E-state index is 12.1. The Morgan fingerprint density at radius 3 is 2.73 bits per heavy atom. The van der Waals surface area contributed by atoms with Crippen LogP contribution >= 0.6 is 0 Å². The smallest absolute Gasteiger partial charge is 0.255 e. The first kappa shape index (κ1) is 11.7. The van der Waals surface area contributed by atoms with Crippen molar-refractivity contribution < 1.29 is 4.79 Å². The van der Waals surface area contributed by atoms with Crippen LogP contribution < -0.4 is 0 Å². The Morgan fingerprint density at radius 2 is 2.20 bits per heavy atom. The van der Waals surface area contributed by atoms with E-state index < -0.39 is 0 Å². The van der Waals surface area contributed by atoms with Gasteiger partial charge in [0.15, 0.2) is 0 Å². The van der Waals surface area contributed by atoms with Gasteiger partial charge in [0.05, 0.1) is 5.56 Å². The van der Waals surface area contributed by atoms with Crippen LogP contribution in [-0.4, -0.2) is 28.9 Å². The van der Waals surface area contributed by atoms with Gasteiger partial charge in [0.1, 0.15) is 0 Å². The van der Waals surface area contributed by atoms with Crippen molar-refractivity contribution in [1.82, 2.24) is 9.88 Å². The molecule has 3 heteroatoms. The van der Waals surface area contributed by atoms with Gasteiger partial charge in [-0.15, -0.1) is 0 Å². The number of carbonyl (C=O) groups is 1. The van der Waals surface area contributed by atoms with Gasteiger partial charge in [-0.2, -0.15) is 0 Å². The van der Waals surface area contributed by atoms with Crippen molar-refractivity contribution >= 4 is 5.91 Å². The summed E-state index contributed by atoms with van der Waals surface area (Å²) in [4.78, 5) is 17.8. The lowest BCUT2D eigenvalue weighted by molar-refractivity contribution is 0.0753. The molecule has 0 unspecified atom stereocenters. The van der Waals surface area contributed by atoms with E-state index in [9.17, 15) is 4.79 Å². The molecule has 1 heterocycles. The Morgan fingerprint density at radius 1 is 1.53 bits per heavy atom. The number of carbonyl (C=O) groups excluding carboxylic acids is 1. The summed E-state index contributed by atoms with van der Waals surface area (Å²) >= 11 is 0. The fourth-order valence-corrected chi connectivity index (χ4v) is 1.35. The van der Waals surface area contributed by atoms with E-state index in [0.29, 0.717) is 0 Å². The van der Waals surface area contributed by atoms with Gasteiger partial charge >= 0.3 is 0 Å². The first-order chi connectivity index (χ1) is 7.07. The predicted octanol–water partition coefficient (Wildman–Crippen LogP) is 2.12. The third-order valence-electron chi connectivity index (χ3n) is 2.62. The third-order valence-corrected chi connectivity index (χ3v) is 2.62. The molecule has 0 aliphatic rings. The van der Waals surface area contributed by atoms with E-state index >= 15 is 0 Å². The molecule has 1 rings (SSSR count). The Kier molecular flexibility index (Phi) is 3.83. The number of amides is 1. The van der Waals surface area contributed by atoms with Crippen LogP contribution in [0.25, 0.3) is 0 Å². The minimum atomic E-state index is 0.0509. The van der Waals surface area contributed by atoms with Crippen LogP contribution in [0.5, 0.6) is 0 Å². The van der Waals surface area contributed by atoms with Crippen LogP contribution in [-0.2, 0) is 6.42 Å². The summed E-state index contributed by atoms with van der Waals surface area (Å²) in [5.41, 5.74) is 1.78. The maximum atomic E-state index is 12.1. The van der Waals surface area contributed by atoms with Gasteiger partial charge in [-0.3, -0.25) is 9.78 Å². The monoisotopic (exact) mass is 206 g/mol. The normalized spacial score (nSPS) is 10.5. The lowest BCUT2D eigenvalue weighted by Crippen LogP contribution is -2.33. The van der Waals surface area contributed by atoms with Crippen LogP contribution in [0.15, 0.2) is 18.5 Å². The first-order valence-electron chi connectivity index (χ1n) is 5.28. The molecule has 0 N–H and O–H groups in total. The summed E-state index contributed by atoms with van der Waals surface area (Å²) in [6.07, 6.45) is 4.24. The molecule has 0 saturated carbocycles. The molecule has 1 aromatic heterocycles. The van der Waals surface area contributed by atoms with Crippen molar-refractivity contribution in [2.24, 2.45) is 0 Å². The zero-order valence-corrected chi connectivity index (χ0v) is 9.82. The largest absolute Gasteiger partial charge is 0.339 e. The molecule has 0 aliphatic heterocycles. The predicted molar refractivity (Wildman–Crippen MR) is 60.8 cm³/mol. The highest BCUT2D eigenvalue weighted by atomic mass is 16.2. The average molecular weight is 206 g/mol. The van der Waals surface area contributed by atoms with Gasteiger partial charge in [0.25, 0.3) is 5.91 Å². The van der Waals surface area contributed by atoms with E-state index in [1.165, 1.54) is 0 Å². The molecule has 0 aliphatic carbocycles. The van der Waals surface area contributed by atoms with Gasteiger partial charge < -0.3 is 4.90 Å². The molecular formula is C12H18N2O. The minimum Gasteiger partial charge on any atom is -0.339 e. The number of rotatable bonds is 3. The number of nitrogens with zero attached hydrogens (tertiary/aromatic N) is 2. The van der Waals surface area contributed by atoms with Gasteiger partial charge in [-0.1, -0.05) is 6.92 Å². The van der Waals surface area contributed by atoms with Crippen molar-refractivity contribution in [1.29, 1.82) is 0 Å². The molecule has 0 atom stereocenters. The number of hydrogen-bond donors (Lipinski definition) is 0. The quantitative estimate of drug-likeness (QED) is 0.759. The van der Waals surface area contributed by atoms with Gasteiger partial charge in [-0.25, -0.2) is 0 Å². The topological polar surface area (TPSA) is 33.2 Å². The molecule has 0 spiro atoms. The number of aryl methyl sites for hydroxylation is 1. The molecule has 1 aromatic rings. The molecule has 0 bridgehead atoms. The second kappa shape index (κ2) is 4.91. The van der Waals surface area contributed by atoms with Crippen molar-refractivity contribution in [2.45, 2.75) is 33.2 Å². The number of pyridine rings is 1. The summed E-state index contributed by atoms with van der Waals surface area (Å²) in [7, 11) is 1.82. The highest BCUT2D eigenvalue weighted by molar-refractivity contribution is 5.95. The van der Waals surface area contributed by atoms with Crippen molar-refractivity contribution in [3.63, 3.8) is 0 Å². The summed E-state index contributed by atoms with van der Waals surface area (Å²) in [5, 5.41) is 0. The molecule has 82 valence electrons. The fourth-order valence-electron chi connectivity index (χ4n) is 1.35. The van der Waals surface area contributed by atoms with Gasteiger partial charge in [0.2, 0.25) is 0 Å². The fraction of sp³-hybridized carbons (Fsp3) is 0.500. The van der Waals surface area contributed by atoms with Crippen molar-refractivity contribution in [3.8, 4) is 0 Å². The average Bonchev–Trinajstić information content (AvgIpc) is 2.26. The number of aromatic nitrogens is 1. The summed E-state index contributed by atoms with van der Waals surface area (Å²) in [6.45, 7) is 6.04. The van der Waals surface area contributed by atoms with E-state index in [-0.39, 0.29) is 11.9 Å². The van der Waals surface area contributed by atoms with Crippen LogP contribution in [0.1, 0.15) is 36.7 Å². The summed E-state index contributed by atoms with van der Waals surface area (Å²) in [6, 6.07) is 2.11. The Hall–Kier alpha value is -1.38. The zero-order chi connectivity index (χ0) is 11.4. The van der Waals surface area contributed by atoms with Crippen molar-refractivity contribution in [3.05, 3.63) is 29.6 Å². The first-order valence-corrected chi connectivity index (χ1v) is 5.28. The van der Waals surface area contributed by atoms with E-state index in [1.807, 2.05) is 33.9 Å². The van der Waals surface area contributed by atoms with Crippen LogP contribution in [0, 0.1) is 0 Å². The summed E-state index contributed by atoms with van der Waals surface area (Å²) in [5.74, 6) is 0.0509.